The van der Waals surface area contributed by atoms with Crippen molar-refractivity contribution in [2.45, 2.75) is 44.1 Å². The summed E-state index contributed by atoms with van der Waals surface area (Å²) in [6, 6.07) is 13.0. The van der Waals surface area contributed by atoms with Gasteiger partial charge in [0.2, 0.25) is 11.8 Å². The van der Waals surface area contributed by atoms with Gasteiger partial charge in [-0.05, 0) is 49.4 Å². The highest BCUT2D eigenvalue weighted by Crippen LogP contribution is 2.50. The number of nitrogens with one attached hydrogen (secondary N) is 1. The zero-order chi connectivity index (χ0) is 20.9. The lowest BCUT2D eigenvalue weighted by Gasteiger charge is -2.36. The van der Waals surface area contributed by atoms with Crippen molar-refractivity contribution in [3.8, 4) is 11.1 Å². The van der Waals surface area contributed by atoms with Gasteiger partial charge in [-0.2, -0.15) is 0 Å². The zero-order valence-electron chi connectivity index (χ0n) is 16.5. The van der Waals surface area contributed by atoms with E-state index in [2.05, 4.69) is 5.32 Å². The van der Waals surface area contributed by atoms with E-state index in [0.717, 1.165) is 42.5 Å². The number of benzene rings is 2. The molecule has 5 rings (SSSR count). The predicted octanol–water partition coefficient (Wildman–Crippen LogP) is 4.50. The van der Waals surface area contributed by atoms with Crippen molar-refractivity contribution in [2.24, 2.45) is 0 Å². The normalized spacial score (nSPS) is 20.5. The maximum absolute atomic E-state index is 12.6. The molecule has 0 atom stereocenters. The van der Waals surface area contributed by atoms with E-state index in [-0.39, 0.29) is 23.8 Å². The molecular formula is C23H22ClN3O3. The highest BCUT2D eigenvalue weighted by Gasteiger charge is 2.52. The maximum atomic E-state index is 12.6. The van der Waals surface area contributed by atoms with Crippen molar-refractivity contribution in [2.75, 3.05) is 16.3 Å². The summed E-state index contributed by atoms with van der Waals surface area (Å²) >= 11 is 6.67. The molecule has 30 heavy (non-hydrogen) atoms. The van der Waals surface area contributed by atoms with Crippen LogP contribution in [0.3, 0.4) is 0 Å². The van der Waals surface area contributed by atoms with Gasteiger partial charge in [-0.25, -0.2) is 4.79 Å². The number of imide groups is 1. The summed E-state index contributed by atoms with van der Waals surface area (Å²) in [6.45, 7) is 0.298. The molecule has 2 saturated heterocycles. The Bertz CT molecular complexity index is 1050. The second kappa shape index (κ2) is 7.13. The van der Waals surface area contributed by atoms with Gasteiger partial charge in [-0.3, -0.25) is 19.8 Å². The molecule has 2 aromatic carbocycles. The Hall–Kier alpha value is -2.86. The first-order chi connectivity index (χ1) is 14.5. The molecule has 3 aliphatic rings. The molecular weight excluding hydrogens is 402 g/mol. The fraction of sp³-hybridized carbons (Fsp3) is 0.348. The largest absolute Gasteiger partial charge is 0.328 e. The first-order valence-electron chi connectivity index (χ1n) is 10.3. The monoisotopic (exact) mass is 423 g/mol. The molecule has 2 aliphatic heterocycles. The van der Waals surface area contributed by atoms with Crippen LogP contribution in [-0.2, 0) is 9.59 Å². The van der Waals surface area contributed by atoms with Gasteiger partial charge in [0.25, 0.3) is 0 Å². The van der Waals surface area contributed by atoms with Crippen molar-refractivity contribution >= 4 is 40.8 Å². The van der Waals surface area contributed by atoms with Crippen molar-refractivity contribution in [3.63, 3.8) is 0 Å². The van der Waals surface area contributed by atoms with Crippen LogP contribution in [0.1, 0.15) is 38.5 Å². The topological polar surface area (TPSA) is 69.7 Å². The summed E-state index contributed by atoms with van der Waals surface area (Å²) in [5.41, 5.74) is 3.26. The lowest BCUT2D eigenvalue weighted by molar-refractivity contribution is -0.121. The molecule has 1 N–H and O–H groups in total. The van der Waals surface area contributed by atoms with Crippen LogP contribution in [0, 0.1) is 0 Å². The van der Waals surface area contributed by atoms with Gasteiger partial charge in [0.15, 0.2) is 0 Å². The SMILES string of the molecule is O=C1CCN(c2cccc(-c3ccc(N4C(=O)CCCC45CC5)cc3)c2Cl)C(=O)N1. The minimum Gasteiger partial charge on any atom is -0.306 e. The fourth-order valence-electron chi connectivity index (χ4n) is 4.63. The Morgan fingerprint density at radius 1 is 0.933 bits per heavy atom. The van der Waals surface area contributed by atoms with Crippen LogP contribution >= 0.6 is 11.6 Å². The first kappa shape index (κ1) is 19.1. The Balaban J connectivity index is 1.45. The van der Waals surface area contributed by atoms with Gasteiger partial charge in [0.1, 0.15) is 0 Å². The Kier molecular flexibility index (Phi) is 4.54. The summed E-state index contributed by atoms with van der Waals surface area (Å²) in [7, 11) is 0. The summed E-state index contributed by atoms with van der Waals surface area (Å²) < 4.78 is 0. The Morgan fingerprint density at radius 2 is 1.70 bits per heavy atom. The van der Waals surface area contributed by atoms with Gasteiger partial charge in [-0.15, -0.1) is 0 Å². The third-order valence-corrected chi connectivity index (χ3v) is 6.74. The van der Waals surface area contributed by atoms with E-state index in [1.54, 1.807) is 6.07 Å². The van der Waals surface area contributed by atoms with E-state index in [9.17, 15) is 14.4 Å². The molecule has 1 spiro atoms. The van der Waals surface area contributed by atoms with Crippen LogP contribution in [-0.4, -0.2) is 29.9 Å². The van der Waals surface area contributed by atoms with Gasteiger partial charge < -0.3 is 4.90 Å². The summed E-state index contributed by atoms with van der Waals surface area (Å²) in [5, 5.41) is 2.79. The molecule has 154 valence electrons. The lowest BCUT2D eigenvalue weighted by atomic mass is 9.97. The minimum atomic E-state index is -0.459. The number of hydrogen-bond donors (Lipinski definition) is 1. The van der Waals surface area contributed by atoms with Crippen molar-refractivity contribution in [3.05, 3.63) is 47.5 Å². The average molecular weight is 424 g/mol. The van der Waals surface area contributed by atoms with E-state index in [1.165, 1.54) is 4.90 Å². The molecule has 2 aromatic rings. The van der Waals surface area contributed by atoms with Crippen LogP contribution in [0.5, 0.6) is 0 Å². The third-order valence-electron chi connectivity index (χ3n) is 6.34. The Labute approximate surface area is 179 Å². The smallest absolute Gasteiger partial charge is 0.306 e. The minimum absolute atomic E-state index is 0.0352. The molecule has 3 fully saturated rings. The van der Waals surface area contributed by atoms with Crippen LogP contribution in [0.15, 0.2) is 42.5 Å². The average Bonchev–Trinajstić information content (AvgIpc) is 3.49. The standard InChI is InChI=1S/C23H22ClN3O3/c24-21-17(3-1-4-18(21)26-14-10-19(28)25-22(26)30)15-6-8-16(9-7-15)27-20(29)5-2-11-23(27)12-13-23/h1,3-4,6-9H,2,5,10-14H2,(H,25,28,30). The molecule has 6 nitrogen and oxygen atoms in total. The number of piperidine rings is 1. The lowest BCUT2D eigenvalue weighted by Crippen LogP contribution is -2.49. The molecule has 0 bridgehead atoms. The number of urea groups is 1. The van der Waals surface area contributed by atoms with E-state index in [0.29, 0.717) is 23.7 Å². The number of rotatable bonds is 3. The highest BCUT2D eigenvalue weighted by atomic mass is 35.5. The fourth-order valence-corrected chi connectivity index (χ4v) is 4.96. The molecule has 2 heterocycles. The number of anilines is 2. The van der Waals surface area contributed by atoms with Crippen LogP contribution in [0.4, 0.5) is 16.2 Å². The summed E-state index contributed by atoms with van der Waals surface area (Å²) in [5.74, 6) is -0.0722. The van der Waals surface area contributed by atoms with Crippen molar-refractivity contribution in [1.82, 2.24) is 5.32 Å². The number of halogens is 1. The van der Waals surface area contributed by atoms with Crippen LogP contribution < -0.4 is 15.1 Å². The second-order valence-electron chi connectivity index (χ2n) is 8.25. The second-order valence-corrected chi connectivity index (χ2v) is 8.63. The highest BCUT2D eigenvalue weighted by molar-refractivity contribution is 6.36. The first-order valence-corrected chi connectivity index (χ1v) is 10.7. The van der Waals surface area contributed by atoms with Gasteiger partial charge in [-0.1, -0.05) is 35.9 Å². The van der Waals surface area contributed by atoms with Crippen molar-refractivity contribution < 1.29 is 14.4 Å². The molecule has 0 aromatic heterocycles. The number of hydrogen-bond acceptors (Lipinski definition) is 3. The predicted molar refractivity (Wildman–Crippen MR) is 116 cm³/mol. The quantitative estimate of drug-likeness (QED) is 0.790. The van der Waals surface area contributed by atoms with Crippen molar-refractivity contribution in [1.29, 1.82) is 0 Å². The van der Waals surface area contributed by atoms with Crippen LogP contribution in [0.2, 0.25) is 5.02 Å². The third kappa shape index (κ3) is 3.16. The zero-order valence-corrected chi connectivity index (χ0v) is 17.2. The number of amides is 4. The number of carbonyl (C=O) groups is 3. The van der Waals surface area contributed by atoms with E-state index in [4.69, 9.17) is 11.6 Å². The molecule has 7 heteroatoms. The van der Waals surface area contributed by atoms with E-state index < -0.39 is 6.03 Å². The molecule has 0 radical (unpaired) electrons. The number of carbonyl (C=O) groups excluding carboxylic acids is 3. The molecule has 1 aliphatic carbocycles. The van der Waals surface area contributed by atoms with Gasteiger partial charge in [0.05, 0.1) is 10.7 Å². The summed E-state index contributed by atoms with van der Waals surface area (Å²) in [4.78, 5) is 39.7. The maximum Gasteiger partial charge on any atom is 0.328 e. The van der Waals surface area contributed by atoms with E-state index >= 15 is 0 Å². The Morgan fingerprint density at radius 3 is 2.40 bits per heavy atom. The van der Waals surface area contributed by atoms with Gasteiger partial charge >= 0.3 is 6.03 Å². The van der Waals surface area contributed by atoms with E-state index in [1.807, 2.05) is 41.3 Å². The number of nitrogens with zero attached hydrogens (tertiary/aromatic N) is 2. The van der Waals surface area contributed by atoms with Gasteiger partial charge in [0, 0.05) is 36.2 Å². The molecule has 0 unspecified atom stereocenters. The van der Waals surface area contributed by atoms with Crippen LogP contribution in [0.25, 0.3) is 11.1 Å². The molecule has 4 amide bonds. The molecule has 1 saturated carbocycles. The summed E-state index contributed by atoms with van der Waals surface area (Å²) in [6.07, 6.45) is 5.06.